The van der Waals surface area contributed by atoms with Gasteiger partial charge in [-0.05, 0) is 44.6 Å². The Labute approximate surface area is 174 Å². The number of aliphatic hydroxyl groups is 4. The summed E-state index contributed by atoms with van der Waals surface area (Å²) in [5.41, 5.74) is 0. The number of carbonyl (C=O) groups is 1. The van der Waals surface area contributed by atoms with Crippen LogP contribution in [-0.4, -0.2) is 63.6 Å². The van der Waals surface area contributed by atoms with Crippen molar-refractivity contribution in [1.82, 2.24) is 5.32 Å². The average Bonchev–Trinajstić information content (AvgIpc) is 2.71. The molecule has 0 unspecified atom stereocenters. The van der Waals surface area contributed by atoms with E-state index >= 15 is 0 Å². The van der Waals surface area contributed by atoms with Crippen molar-refractivity contribution in [1.29, 1.82) is 0 Å². The molecule has 5 atom stereocenters. The van der Waals surface area contributed by atoms with E-state index in [1.807, 2.05) is 0 Å². The highest BCUT2D eigenvalue weighted by molar-refractivity contribution is 5.87. The molecular formula is C22H39NO6. The summed E-state index contributed by atoms with van der Waals surface area (Å²) in [6, 6.07) is -1.15. The standard InChI is InChI=1S/C22H39NO6/c1-2-3-4-5-6-7-8-9-10-11-12-13-14-15-18(25)23-19-21(27)20(26)17(16-24)29-22(19)28/h7-8,14-15,17,19-22,24,26-28H,2-6,9-13,16H2,1H3,(H,23,25)/b8-7+,15-14-/t17-,19-,20+,21+,22+/m0/s1. The maximum Gasteiger partial charge on any atom is 0.244 e. The van der Waals surface area contributed by atoms with Gasteiger partial charge in [-0.2, -0.15) is 0 Å². The van der Waals surface area contributed by atoms with Gasteiger partial charge in [0, 0.05) is 0 Å². The van der Waals surface area contributed by atoms with Crippen LogP contribution in [0, 0.1) is 0 Å². The molecule has 0 aromatic carbocycles. The van der Waals surface area contributed by atoms with Crippen LogP contribution in [0.15, 0.2) is 24.3 Å². The molecule has 0 spiro atoms. The van der Waals surface area contributed by atoms with Gasteiger partial charge in [0.25, 0.3) is 0 Å². The summed E-state index contributed by atoms with van der Waals surface area (Å²) in [5, 5.41) is 41.1. The Morgan fingerprint density at radius 1 is 0.897 bits per heavy atom. The van der Waals surface area contributed by atoms with E-state index in [0.29, 0.717) is 0 Å². The molecule has 29 heavy (non-hydrogen) atoms. The van der Waals surface area contributed by atoms with Crippen molar-refractivity contribution in [3.05, 3.63) is 24.3 Å². The van der Waals surface area contributed by atoms with Crippen molar-refractivity contribution in [2.24, 2.45) is 0 Å². The van der Waals surface area contributed by atoms with Crippen LogP contribution in [0.1, 0.15) is 71.1 Å². The van der Waals surface area contributed by atoms with Crippen molar-refractivity contribution in [2.45, 2.75) is 102 Å². The minimum Gasteiger partial charge on any atom is -0.394 e. The molecule has 1 rings (SSSR count). The zero-order valence-corrected chi connectivity index (χ0v) is 17.6. The quantitative estimate of drug-likeness (QED) is 0.169. The predicted octanol–water partition coefficient (Wildman–Crippen LogP) is 1.94. The van der Waals surface area contributed by atoms with E-state index in [2.05, 4.69) is 24.4 Å². The van der Waals surface area contributed by atoms with Crippen LogP contribution in [-0.2, 0) is 9.53 Å². The lowest BCUT2D eigenvalue weighted by atomic mass is 9.97. The molecule has 1 fully saturated rings. The van der Waals surface area contributed by atoms with Crippen LogP contribution >= 0.6 is 0 Å². The van der Waals surface area contributed by atoms with Gasteiger partial charge in [0.15, 0.2) is 6.29 Å². The van der Waals surface area contributed by atoms with E-state index in [1.54, 1.807) is 6.08 Å². The van der Waals surface area contributed by atoms with Crippen LogP contribution in [0.4, 0.5) is 0 Å². The third kappa shape index (κ3) is 10.4. The first-order chi connectivity index (χ1) is 14.0. The minimum absolute atomic E-state index is 0.475. The van der Waals surface area contributed by atoms with E-state index in [1.165, 1.54) is 38.2 Å². The molecule has 1 heterocycles. The smallest absolute Gasteiger partial charge is 0.244 e. The highest BCUT2D eigenvalue weighted by Crippen LogP contribution is 2.19. The second kappa shape index (κ2) is 15.6. The number of allylic oxidation sites excluding steroid dienone is 3. The zero-order chi connectivity index (χ0) is 21.5. The lowest BCUT2D eigenvalue weighted by Crippen LogP contribution is -2.64. The van der Waals surface area contributed by atoms with Crippen LogP contribution in [0.3, 0.4) is 0 Å². The average molecular weight is 414 g/mol. The summed E-state index contributed by atoms with van der Waals surface area (Å²) in [6.07, 6.45) is 13.7. The molecule has 1 aliphatic rings. The molecule has 0 aromatic rings. The van der Waals surface area contributed by atoms with E-state index in [9.17, 15) is 20.1 Å². The number of unbranched alkanes of at least 4 members (excludes halogenated alkanes) is 8. The number of hydrogen-bond donors (Lipinski definition) is 5. The van der Waals surface area contributed by atoms with Gasteiger partial charge in [-0.15, -0.1) is 0 Å². The number of nitrogens with one attached hydrogen (secondary N) is 1. The predicted molar refractivity (Wildman–Crippen MR) is 112 cm³/mol. The number of aliphatic hydroxyl groups excluding tert-OH is 4. The molecule has 5 N–H and O–H groups in total. The zero-order valence-electron chi connectivity index (χ0n) is 17.6. The fraction of sp³-hybridized carbons (Fsp3) is 0.773. The third-order valence-electron chi connectivity index (χ3n) is 5.11. The number of ether oxygens (including phenoxy) is 1. The van der Waals surface area contributed by atoms with Crippen molar-refractivity contribution in [3.63, 3.8) is 0 Å². The van der Waals surface area contributed by atoms with Gasteiger partial charge in [0.1, 0.15) is 24.4 Å². The molecule has 7 heteroatoms. The lowest BCUT2D eigenvalue weighted by molar-refractivity contribution is -0.253. The molecule has 0 radical (unpaired) electrons. The molecule has 0 saturated carbocycles. The van der Waals surface area contributed by atoms with Gasteiger partial charge in [-0.3, -0.25) is 4.79 Å². The van der Waals surface area contributed by atoms with E-state index in [0.717, 1.165) is 32.1 Å². The second-order valence-corrected chi connectivity index (χ2v) is 7.62. The summed E-state index contributed by atoms with van der Waals surface area (Å²) < 4.78 is 5.01. The van der Waals surface area contributed by atoms with Gasteiger partial charge in [0.2, 0.25) is 5.91 Å². The summed E-state index contributed by atoms with van der Waals surface area (Å²) in [7, 11) is 0. The summed E-state index contributed by atoms with van der Waals surface area (Å²) >= 11 is 0. The summed E-state index contributed by atoms with van der Waals surface area (Å²) in [6.45, 7) is 1.68. The van der Waals surface area contributed by atoms with Gasteiger partial charge < -0.3 is 30.5 Å². The molecule has 168 valence electrons. The molecule has 0 aromatic heterocycles. The van der Waals surface area contributed by atoms with Gasteiger partial charge in [-0.1, -0.05) is 50.8 Å². The number of hydrogen-bond acceptors (Lipinski definition) is 6. The van der Waals surface area contributed by atoms with Crippen LogP contribution in [0.25, 0.3) is 0 Å². The fourth-order valence-corrected chi connectivity index (χ4v) is 3.28. The first kappa shape index (κ1) is 25.8. The maximum absolute atomic E-state index is 11.9. The Bertz CT molecular complexity index is 496. The summed E-state index contributed by atoms with van der Waals surface area (Å²) in [4.78, 5) is 11.9. The van der Waals surface area contributed by atoms with E-state index in [4.69, 9.17) is 9.84 Å². The highest BCUT2D eigenvalue weighted by Gasteiger charge is 2.44. The number of rotatable bonds is 14. The lowest BCUT2D eigenvalue weighted by Gasteiger charge is -2.40. The van der Waals surface area contributed by atoms with Crippen LogP contribution in [0.5, 0.6) is 0 Å². The van der Waals surface area contributed by atoms with Crippen molar-refractivity contribution in [2.75, 3.05) is 6.61 Å². The van der Waals surface area contributed by atoms with E-state index in [-0.39, 0.29) is 0 Å². The van der Waals surface area contributed by atoms with E-state index < -0.39 is 43.2 Å². The Morgan fingerprint density at radius 2 is 1.48 bits per heavy atom. The van der Waals surface area contributed by atoms with Crippen molar-refractivity contribution >= 4 is 5.91 Å². The monoisotopic (exact) mass is 413 g/mol. The summed E-state index contributed by atoms with van der Waals surface area (Å²) in [5.74, 6) is -0.475. The topological polar surface area (TPSA) is 119 Å². The third-order valence-corrected chi connectivity index (χ3v) is 5.11. The highest BCUT2D eigenvalue weighted by atomic mass is 16.6. The van der Waals surface area contributed by atoms with Crippen LogP contribution < -0.4 is 5.32 Å². The Kier molecular flexibility index (Phi) is 13.8. The normalized spacial score (nSPS) is 27.7. The molecule has 0 aliphatic carbocycles. The SMILES string of the molecule is CCCCCC/C=C/CCCCC/C=C\C(=O)N[C@H]1[C@@H](O)[C@H](O)[C@H](CO)O[C@H]1O. The molecular weight excluding hydrogens is 374 g/mol. The van der Waals surface area contributed by atoms with Crippen molar-refractivity contribution in [3.8, 4) is 0 Å². The molecule has 1 saturated heterocycles. The number of amides is 1. The molecule has 7 nitrogen and oxygen atoms in total. The first-order valence-corrected chi connectivity index (χ1v) is 10.9. The first-order valence-electron chi connectivity index (χ1n) is 10.9. The van der Waals surface area contributed by atoms with Gasteiger partial charge in [0.05, 0.1) is 6.61 Å². The minimum atomic E-state index is -1.50. The van der Waals surface area contributed by atoms with Crippen molar-refractivity contribution < 1.29 is 30.0 Å². The van der Waals surface area contributed by atoms with Crippen LogP contribution in [0.2, 0.25) is 0 Å². The molecule has 1 aliphatic heterocycles. The Hall–Kier alpha value is -1.25. The molecule has 0 bridgehead atoms. The second-order valence-electron chi connectivity index (χ2n) is 7.62. The molecule has 1 amide bonds. The fourth-order valence-electron chi connectivity index (χ4n) is 3.28. The Balaban J connectivity index is 2.12. The Morgan fingerprint density at radius 3 is 2.07 bits per heavy atom. The van der Waals surface area contributed by atoms with Gasteiger partial charge >= 0.3 is 0 Å². The van der Waals surface area contributed by atoms with Gasteiger partial charge in [-0.25, -0.2) is 0 Å². The maximum atomic E-state index is 11.9. The largest absolute Gasteiger partial charge is 0.394 e. The number of carbonyl (C=O) groups excluding carboxylic acids is 1.